The second-order valence-corrected chi connectivity index (χ2v) is 7.39. The standard InChI is InChI=1S/C24H32N2O/c1-21(10-11-23-12-14-24(27-2)15-13-23)26-19-17-25(18-20-26)16-6-9-22-7-4-3-5-8-22/h3-9,12-15,21H,10-11,16-20H2,1-2H3/b9-6+. The molecule has 1 fully saturated rings. The van der Waals surface area contributed by atoms with Crippen LogP contribution in [0.25, 0.3) is 6.08 Å². The minimum absolute atomic E-state index is 0.633. The Balaban J connectivity index is 1.37. The number of rotatable bonds is 8. The Kier molecular flexibility index (Phi) is 7.49. The molecule has 3 heteroatoms. The molecule has 1 atom stereocenters. The third kappa shape index (κ3) is 6.23. The third-order valence-electron chi connectivity index (χ3n) is 5.51. The first kappa shape index (κ1) is 19.7. The highest BCUT2D eigenvalue weighted by molar-refractivity contribution is 5.48. The van der Waals surface area contributed by atoms with Gasteiger partial charge in [0.2, 0.25) is 0 Å². The molecule has 0 spiro atoms. The number of piperazine rings is 1. The van der Waals surface area contributed by atoms with E-state index < -0.39 is 0 Å². The van der Waals surface area contributed by atoms with Gasteiger partial charge in [-0.1, -0.05) is 54.6 Å². The van der Waals surface area contributed by atoms with Gasteiger partial charge in [-0.3, -0.25) is 9.80 Å². The van der Waals surface area contributed by atoms with Crippen molar-refractivity contribution in [2.24, 2.45) is 0 Å². The van der Waals surface area contributed by atoms with Gasteiger partial charge in [0.15, 0.2) is 0 Å². The average Bonchev–Trinajstić information content (AvgIpc) is 2.73. The van der Waals surface area contributed by atoms with E-state index in [2.05, 4.69) is 83.5 Å². The summed E-state index contributed by atoms with van der Waals surface area (Å²) < 4.78 is 5.24. The number of ether oxygens (including phenoxy) is 1. The molecule has 0 N–H and O–H groups in total. The van der Waals surface area contributed by atoms with Crippen molar-refractivity contribution in [3.63, 3.8) is 0 Å². The van der Waals surface area contributed by atoms with E-state index in [-0.39, 0.29) is 0 Å². The maximum Gasteiger partial charge on any atom is 0.118 e. The van der Waals surface area contributed by atoms with Crippen molar-refractivity contribution in [3.8, 4) is 5.75 Å². The quantitative estimate of drug-likeness (QED) is 0.693. The summed E-state index contributed by atoms with van der Waals surface area (Å²) in [4.78, 5) is 5.19. The largest absolute Gasteiger partial charge is 0.497 e. The van der Waals surface area contributed by atoms with Crippen LogP contribution in [-0.2, 0) is 6.42 Å². The molecule has 0 aliphatic carbocycles. The summed E-state index contributed by atoms with van der Waals surface area (Å²) in [6.45, 7) is 8.07. The molecule has 0 radical (unpaired) electrons. The van der Waals surface area contributed by atoms with Gasteiger partial charge in [0.1, 0.15) is 5.75 Å². The third-order valence-corrected chi connectivity index (χ3v) is 5.51. The minimum atomic E-state index is 0.633. The normalized spacial score (nSPS) is 17.3. The molecule has 0 amide bonds. The second kappa shape index (κ2) is 10.3. The number of hydrogen-bond acceptors (Lipinski definition) is 3. The fraction of sp³-hybridized carbons (Fsp3) is 0.417. The van der Waals surface area contributed by atoms with Gasteiger partial charge in [0, 0.05) is 38.8 Å². The van der Waals surface area contributed by atoms with Crippen molar-refractivity contribution < 1.29 is 4.74 Å². The van der Waals surface area contributed by atoms with Crippen LogP contribution in [0.5, 0.6) is 5.75 Å². The zero-order valence-corrected chi connectivity index (χ0v) is 16.7. The Morgan fingerprint density at radius 3 is 2.33 bits per heavy atom. The lowest BCUT2D eigenvalue weighted by Crippen LogP contribution is -2.49. The van der Waals surface area contributed by atoms with Crippen LogP contribution < -0.4 is 4.74 Å². The molecule has 3 nitrogen and oxygen atoms in total. The summed E-state index contributed by atoms with van der Waals surface area (Å²) in [6.07, 6.45) is 6.85. The van der Waals surface area contributed by atoms with E-state index in [1.54, 1.807) is 7.11 Å². The zero-order valence-electron chi connectivity index (χ0n) is 16.7. The summed E-state index contributed by atoms with van der Waals surface area (Å²) in [5.74, 6) is 0.934. The molecule has 1 aliphatic rings. The van der Waals surface area contributed by atoms with E-state index in [9.17, 15) is 0 Å². The number of hydrogen-bond donors (Lipinski definition) is 0. The van der Waals surface area contributed by atoms with Crippen molar-refractivity contribution in [2.75, 3.05) is 39.8 Å². The lowest BCUT2D eigenvalue weighted by atomic mass is 10.0. The topological polar surface area (TPSA) is 15.7 Å². The highest BCUT2D eigenvalue weighted by Gasteiger charge is 2.20. The van der Waals surface area contributed by atoms with Crippen LogP contribution in [-0.4, -0.2) is 55.7 Å². The Morgan fingerprint density at radius 1 is 0.963 bits per heavy atom. The van der Waals surface area contributed by atoms with Crippen LogP contribution in [0, 0.1) is 0 Å². The first-order valence-electron chi connectivity index (χ1n) is 10.1. The van der Waals surface area contributed by atoms with Crippen molar-refractivity contribution in [1.82, 2.24) is 9.80 Å². The van der Waals surface area contributed by atoms with Gasteiger partial charge in [0.05, 0.1) is 7.11 Å². The molecular weight excluding hydrogens is 332 g/mol. The summed E-state index contributed by atoms with van der Waals surface area (Å²) in [7, 11) is 1.72. The highest BCUT2D eigenvalue weighted by Crippen LogP contribution is 2.16. The molecule has 2 aromatic carbocycles. The molecular formula is C24H32N2O. The lowest BCUT2D eigenvalue weighted by molar-refractivity contribution is 0.106. The molecule has 1 unspecified atom stereocenters. The summed E-state index contributed by atoms with van der Waals surface area (Å²) in [5, 5.41) is 0. The van der Waals surface area contributed by atoms with E-state index >= 15 is 0 Å². The first-order valence-corrected chi connectivity index (χ1v) is 10.1. The van der Waals surface area contributed by atoms with Gasteiger partial charge in [-0.25, -0.2) is 0 Å². The first-order chi connectivity index (χ1) is 13.2. The van der Waals surface area contributed by atoms with Crippen molar-refractivity contribution >= 4 is 6.08 Å². The van der Waals surface area contributed by atoms with Crippen LogP contribution in [0.3, 0.4) is 0 Å². The van der Waals surface area contributed by atoms with Gasteiger partial charge in [0.25, 0.3) is 0 Å². The molecule has 1 heterocycles. The maximum absolute atomic E-state index is 5.24. The van der Waals surface area contributed by atoms with Gasteiger partial charge >= 0.3 is 0 Å². The zero-order chi connectivity index (χ0) is 18.9. The molecule has 27 heavy (non-hydrogen) atoms. The van der Waals surface area contributed by atoms with E-state index in [1.807, 2.05) is 0 Å². The molecule has 144 valence electrons. The van der Waals surface area contributed by atoms with E-state index in [0.29, 0.717) is 6.04 Å². The Labute approximate surface area is 164 Å². The molecule has 3 rings (SSSR count). The average molecular weight is 365 g/mol. The Hall–Kier alpha value is -2.10. The molecule has 0 aromatic heterocycles. The van der Waals surface area contributed by atoms with Crippen LogP contribution in [0.1, 0.15) is 24.5 Å². The fourth-order valence-corrected chi connectivity index (χ4v) is 3.64. The lowest BCUT2D eigenvalue weighted by Gasteiger charge is -2.37. The van der Waals surface area contributed by atoms with Crippen molar-refractivity contribution in [3.05, 3.63) is 71.8 Å². The SMILES string of the molecule is COc1ccc(CCC(C)N2CCN(C/C=C/c3ccccc3)CC2)cc1. The van der Waals surface area contributed by atoms with Gasteiger partial charge < -0.3 is 4.74 Å². The summed E-state index contributed by atoms with van der Waals surface area (Å²) >= 11 is 0. The van der Waals surface area contributed by atoms with Crippen molar-refractivity contribution in [2.45, 2.75) is 25.8 Å². The van der Waals surface area contributed by atoms with Gasteiger partial charge in [-0.05, 0) is 43.0 Å². The Bertz CT molecular complexity index is 688. The molecule has 1 aliphatic heterocycles. The predicted molar refractivity (Wildman–Crippen MR) is 114 cm³/mol. The molecule has 1 saturated heterocycles. The second-order valence-electron chi connectivity index (χ2n) is 7.39. The van der Waals surface area contributed by atoms with Gasteiger partial charge in [-0.15, -0.1) is 0 Å². The summed E-state index contributed by atoms with van der Waals surface area (Å²) in [5.41, 5.74) is 2.68. The smallest absolute Gasteiger partial charge is 0.118 e. The van der Waals surface area contributed by atoms with Crippen LogP contribution in [0.15, 0.2) is 60.7 Å². The number of benzene rings is 2. The van der Waals surface area contributed by atoms with Crippen LogP contribution in [0.4, 0.5) is 0 Å². The van der Waals surface area contributed by atoms with E-state index in [0.717, 1.165) is 31.8 Å². The minimum Gasteiger partial charge on any atom is -0.497 e. The molecule has 0 bridgehead atoms. The molecule has 2 aromatic rings. The predicted octanol–water partition coefficient (Wildman–Crippen LogP) is 4.35. The number of nitrogens with zero attached hydrogens (tertiary/aromatic N) is 2. The number of methoxy groups -OCH3 is 1. The Morgan fingerprint density at radius 2 is 1.67 bits per heavy atom. The van der Waals surface area contributed by atoms with Crippen molar-refractivity contribution in [1.29, 1.82) is 0 Å². The summed E-state index contributed by atoms with van der Waals surface area (Å²) in [6, 6.07) is 19.7. The highest BCUT2D eigenvalue weighted by atomic mass is 16.5. The van der Waals surface area contributed by atoms with Crippen LogP contribution >= 0.6 is 0 Å². The van der Waals surface area contributed by atoms with Gasteiger partial charge in [-0.2, -0.15) is 0 Å². The van der Waals surface area contributed by atoms with E-state index in [4.69, 9.17) is 4.74 Å². The fourth-order valence-electron chi connectivity index (χ4n) is 3.64. The monoisotopic (exact) mass is 364 g/mol. The van der Waals surface area contributed by atoms with E-state index in [1.165, 1.54) is 30.6 Å². The number of aryl methyl sites for hydroxylation is 1. The molecule has 0 saturated carbocycles. The maximum atomic E-state index is 5.24. The van der Waals surface area contributed by atoms with Crippen LogP contribution in [0.2, 0.25) is 0 Å².